The number of aliphatic imine (C=N–C) groups is 1. The van der Waals surface area contributed by atoms with E-state index in [0.717, 1.165) is 19.4 Å². The van der Waals surface area contributed by atoms with E-state index in [9.17, 15) is 4.79 Å². The van der Waals surface area contributed by atoms with Gasteiger partial charge in [0.2, 0.25) is 0 Å². The van der Waals surface area contributed by atoms with Gasteiger partial charge in [0.25, 0.3) is 0 Å². The maximum Gasteiger partial charge on any atom is 1.00 e. The van der Waals surface area contributed by atoms with E-state index in [1.54, 1.807) is 6.34 Å². The first-order valence-corrected chi connectivity index (χ1v) is 10.5. The Morgan fingerprint density at radius 3 is 2.15 bits per heavy atom. The van der Waals surface area contributed by atoms with Crippen molar-refractivity contribution in [1.82, 2.24) is 5.06 Å². The van der Waals surface area contributed by atoms with Crippen molar-refractivity contribution in [1.29, 1.82) is 0 Å². The molecule has 146 valence electrons. The molecule has 0 spiro atoms. The van der Waals surface area contributed by atoms with Crippen LogP contribution in [0.3, 0.4) is 0 Å². The van der Waals surface area contributed by atoms with Gasteiger partial charge in [0.15, 0.2) is 0 Å². The Bertz CT molecular complexity index is 392. The van der Waals surface area contributed by atoms with Crippen LogP contribution in [0, 0.1) is 0 Å². The van der Waals surface area contributed by atoms with Crippen molar-refractivity contribution in [3.8, 4) is 0 Å². The molecule has 0 N–H and O–H groups in total. The molecule has 0 amide bonds. The molecule has 1 aliphatic rings. The van der Waals surface area contributed by atoms with E-state index in [1.807, 2.05) is 0 Å². The third-order valence-electron chi connectivity index (χ3n) is 4.52. The van der Waals surface area contributed by atoms with E-state index in [0.29, 0.717) is 13.0 Å². The van der Waals surface area contributed by atoms with Crippen LogP contribution in [0.5, 0.6) is 0 Å². The molecule has 0 atom stereocenters. The van der Waals surface area contributed by atoms with Crippen molar-refractivity contribution in [2.75, 3.05) is 13.1 Å². The monoisotopic (exact) mass is 374 g/mol. The predicted octanol–water partition coefficient (Wildman–Crippen LogP) is 2.94. The minimum atomic E-state index is -0.133. The Labute approximate surface area is 184 Å². The fourth-order valence-electron chi connectivity index (χ4n) is 2.95. The number of carbonyl (C=O) groups is 1. The Morgan fingerprint density at radius 2 is 1.58 bits per heavy atom. The van der Waals surface area contributed by atoms with E-state index < -0.39 is 0 Å². The zero-order valence-electron chi connectivity index (χ0n) is 18.3. The van der Waals surface area contributed by atoms with E-state index in [-0.39, 0.29) is 37.0 Å². The standard InChI is InChI=1S/C21H38N2O2.Na.H/c1-2-3-4-5-6-7-8-9-10-11-12-13-14-15-16-17-21(24)25-23-19-18-22-20-23;;/h9-10,20H,2-8,11-19H2,1H3;;/q;+1;-1/b10-9-;;. The molecule has 0 fully saturated rings. The SMILES string of the molecule is CCCCCCCC/C=C\CCCCCCCC(=O)ON1C=NCC1.[H-].[Na+]. The average molecular weight is 375 g/mol. The molecular weight excluding hydrogens is 335 g/mol. The Morgan fingerprint density at radius 1 is 1.00 bits per heavy atom. The van der Waals surface area contributed by atoms with Crippen LogP contribution in [0.4, 0.5) is 0 Å². The molecule has 0 saturated carbocycles. The summed E-state index contributed by atoms with van der Waals surface area (Å²) in [6.45, 7) is 3.68. The quantitative estimate of drug-likeness (QED) is 0.237. The van der Waals surface area contributed by atoms with Gasteiger partial charge in [-0.15, -0.1) is 0 Å². The molecule has 0 aromatic carbocycles. The van der Waals surface area contributed by atoms with Crippen LogP contribution in [-0.2, 0) is 9.63 Å². The molecule has 0 aromatic heterocycles. The van der Waals surface area contributed by atoms with Gasteiger partial charge in [0.1, 0.15) is 6.34 Å². The molecule has 26 heavy (non-hydrogen) atoms. The van der Waals surface area contributed by atoms with E-state index in [1.165, 1.54) is 75.7 Å². The van der Waals surface area contributed by atoms with E-state index in [2.05, 4.69) is 24.1 Å². The molecule has 0 unspecified atom stereocenters. The van der Waals surface area contributed by atoms with Crippen molar-refractivity contribution >= 4 is 12.3 Å². The average Bonchev–Trinajstić information content (AvgIpc) is 3.11. The topological polar surface area (TPSA) is 41.9 Å². The summed E-state index contributed by atoms with van der Waals surface area (Å²) in [5.74, 6) is -0.133. The molecule has 1 heterocycles. The van der Waals surface area contributed by atoms with Gasteiger partial charge in [0, 0.05) is 6.42 Å². The van der Waals surface area contributed by atoms with Crippen molar-refractivity contribution in [2.24, 2.45) is 4.99 Å². The van der Waals surface area contributed by atoms with Crippen molar-refractivity contribution < 1.29 is 40.6 Å². The maximum atomic E-state index is 11.6. The Balaban J connectivity index is 0. The minimum absolute atomic E-state index is 0. The second-order valence-electron chi connectivity index (χ2n) is 6.96. The Kier molecular flexibility index (Phi) is 19.2. The summed E-state index contributed by atoms with van der Waals surface area (Å²) in [5.41, 5.74) is 0. The smallest absolute Gasteiger partial charge is 1.00 e. The summed E-state index contributed by atoms with van der Waals surface area (Å²) in [4.78, 5) is 20.8. The van der Waals surface area contributed by atoms with Crippen LogP contribution in [-0.4, -0.2) is 30.5 Å². The second-order valence-corrected chi connectivity index (χ2v) is 6.96. The van der Waals surface area contributed by atoms with Gasteiger partial charge in [-0.1, -0.05) is 70.4 Å². The molecule has 5 heteroatoms. The molecule has 0 bridgehead atoms. The normalized spacial score (nSPS) is 13.3. The minimum Gasteiger partial charge on any atom is -1.00 e. The van der Waals surface area contributed by atoms with Gasteiger partial charge in [0.05, 0.1) is 13.1 Å². The number of rotatable bonds is 16. The van der Waals surface area contributed by atoms with E-state index in [4.69, 9.17) is 4.84 Å². The first kappa shape index (κ1) is 25.7. The van der Waals surface area contributed by atoms with Gasteiger partial charge in [-0.3, -0.25) is 4.99 Å². The summed E-state index contributed by atoms with van der Waals surface area (Å²) < 4.78 is 0. The maximum absolute atomic E-state index is 11.6. The molecule has 0 aromatic rings. The van der Waals surface area contributed by atoms with Gasteiger partial charge in [-0.25, -0.2) is 4.79 Å². The number of hydrogen-bond acceptors (Lipinski definition) is 4. The van der Waals surface area contributed by atoms with Gasteiger partial charge in [-0.05, 0) is 32.1 Å². The molecule has 4 nitrogen and oxygen atoms in total. The number of allylic oxidation sites excluding steroid dienone is 2. The molecular formula is C21H39N2NaO2. The summed E-state index contributed by atoms with van der Waals surface area (Å²) in [7, 11) is 0. The molecule has 0 radical (unpaired) electrons. The van der Waals surface area contributed by atoms with Crippen molar-refractivity contribution in [3.05, 3.63) is 12.2 Å². The zero-order valence-corrected chi connectivity index (χ0v) is 19.3. The number of hydroxylamine groups is 2. The van der Waals surface area contributed by atoms with Crippen LogP contribution in [0.1, 0.15) is 98.2 Å². The number of nitrogens with zero attached hydrogens (tertiary/aromatic N) is 2. The first-order valence-electron chi connectivity index (χ1n) is 10.5. The number of unbranched alkanes of at least 4 members (excludes halogenated alkanes) is 11. The largest absolute Gasteiger partial charge is 1.00 e. The fourth-order valence-corrected chi connectivity index (χ4v) is 2.95. The summed E-state index contributed by atoms with van der Waals surface area (Å²) in [6.07, 6.45) is 23.3. The summed E-state index contributed by atoms with van der Waals surface area (Å²) in [6, 6.07) is 0. The molecule has 1 aliphatic heterocycles. The van der Waals surface area contributed by atoms with Gasteiger partial charge < -0.3 is 6.26 Å². The summed E-state index contributed by atoms with van der Waals surface area (Å²) in [5, 5.41) is 1.53. The van der Waals surface area contributed by atoms with Crippen LogP contribution < -0.4 is 29.6 Å². The predicted molar refractivity (Wildman–Crippen MR) is 107 cm³/mol. The fraction of sp³-hybridized carbons (Fsp3) is 0.810. The van der Waals surface area contributed by atoms with Gasteiger partial charge >= 0.3 is 35.5 Å². The summed E-state index contributed by atoms with van der Waals surface area (Å²) >= 11 is 0. The van der Waals surface area contributed by atoms with Crippen LogP contribution >= 0.6 is 0 Å². The first-order chi connectivity index (χ1) is 12.3. The molecule has 0 saturated heterocycles. The second kappa shape index (κ2) is 19.4. The molecule has 1 rings (SSSR count). The number of hydrogen-bond donors (Lipinski definition) is 0. The third-order valence-corrected chi connectivity index (χ3v) is 4.52. The zero-order chi connectivity index (χ0) is 18.0. The number of carbonyl (C=O) groups excluding carboxylic acids is 1. The Hall–Kier alpha value is -0.320. The van der Waals surface area contributed by atoms with E-state index >= 15 is 0 Å². The van der Waals surface area contributed by atoms with Crippen molar-refractivity contribution in [3.63, 3.8) is 0 Å². The van der Waals surface area contributed by atoms with Gasteiger partial charge in [-0.2, -0.15) is 5.06 Å². The molecule has 0 aliphatic carbocycles. The van der Waals surface area contributed by atoms with Crippen LogP contribution in [0.2, 0.25) is 0 Å². The van der Waals surface area contributed by atoms with Crippen LogP contribution in [0.25, 0.3) is 0 Å². The van der Waals surface area contributed by atoms with Crippen LogP contribution in [0.15, 0.2) is 17.1 Å². The third kappa shape index (κ3) is 15.9. The van der Waals surface area contributed by atoms with Crippen molar-refractivity contribution in [2.45, 2.75) is 96.8 Å².